The molecule has 0 saturated carbocycles. The molecule has 0 aliphatic carbocycles. The summed E-state index contributed by atoms with van der Waals surface area (Å²) in [5.41, 5.74) is 2.27. The van der Waals surface area contributed by atoms with Crippen molar-refractivity contribution in [1.82, 2.24) is 9.80 Å². The molecule has 3 rings (SSSR count). The van der Waals surface area contributed by atoms with Gasteiger partial charge in [-0.2, -0.15) is 0 Å². The molecule has 0 bridgehead atoms. The molecule has 1 aromatic carbocycles. The lowest BCUT2D eigenvalue weighted by molar-refractivity contribution is -0.143. The van der Waals surface area contributed by atoms with Crippen molar-refractivity contribution < 1.29 is 14.3 Å². The zero-order chi connectivity index (χ0) is 17.8. The molecule has 2 aliphatic rings. The summed E-state index contributed by atoms with van der Waals surface area (Å²) in [7, 11) is 0. The van der Waals surface area contributed by atoms with Crippen LogP contribution in [-0.2, 0) is 20.9 Å². The molecule has 1 atom stereocenters. The Morgan fingerprint density at radius 2 is 1.84 bits per heavy atom. The molecular weight excluding hydrogens is 316 g/mol. The molecule has 0 aromatic heterocycles. The van der Waals surface area contributed by atoms with Crippen molar-refractivity contribution in [2.75, 3.05) is 19.7 Å². The maximum absolute atomic E-state index is 13.0. The summed E-state index contributed by atoms with van der Waals surface area (Å²) in [6, 6.07) is 7.86. The number of ether oxygens (including phenoxy) is 1. The number of nitrogens with zero attached hydrogens (tertiary/aromatic N) is 2. The smallest absolute Gasteiger partial charge is 0.245 e. The molecule has 2 heterocycles. The third-order valence-electron chi connectivity index (χ3n) is 5.24. The number of piperidine rings is 1. The van der Waals surface area contributed by atoms with Gasteiger partial charge in [0.25, 0.3) is 0 Å². The Hall–Kier alpha value is -1.88. The van der Waals surface area contributed by atoms with Crippen LogP contribution in [0.5, 0.6) is 0 Å². The highest BCUT2D eigenvalue weighted by Crippen LogP contribution is 2.25. The Kier molecular flexibility index (Phi) is 5.74. The Morgan fingerprint density at radius 3 is 2.48 bits per heavy atom. The van der Waals surface area contributed by atoms with E-state index in [9.17, 15) is 9.59 Å². The van der Waals surface area contributed by atoms with Gasteiger partial charge in [-0.1, -0.05) is 29.8 Å². The number of aryl methyl sites for hydroxylation is 1. The van der Waals surface area contributed by atoms with Crippen LogP contribution in [0.25, 0.3) is 0 Å². The molecule has 0 unspecified atom stereocenters. The van der Waals surface area contributed by atoms with Crippen molar-refractivity contribution in [2.24, 2.45) is 0 Å². The first-order valence-electron chi connectivity index (χ1n) is 9.34. The van der Waals surface area contributed by atoms with Crippen molar-refractivity contribution in [3.05, 3.63) is 35.4 Å². The van der Waals surface area contributed by atoms with Crippen LogP contribution >= 0.6 is 0 Å². The van der Waals surface area contributed by atoms with Gasteiger partial charge in [0.15, 0.2) is 0 Å². The largest absolute Gasteiger partial charge is 0.378 e. The molecule has 0 spiro atoms. The predicted octanol–water partition coefficient (Wildman–Crippen LogP) is 2.51. The monoisotopic (exact) mass is 344 g/mol. The van der Waals surface area contributed by atoms with Crippen LogP contribution < -0.4 is 0 Å². The fraction of sp³-hybridized carbons (Fsp3) is 0.600. The van der Waals surface area contributed by atoms with Crippen molar-refractivity contribution in [3.63, 3.8) is 0 Å². The van der Waals surface area contributed by atoms with Crippen LogP contribution in [0, 0.1) is 6.92 Å². The number of likely N-dealkylation sites (tertiary alicyclic amines) is 2. The number of benzene rings is 1. The summed E-state index contributed by atoms with van der Waals surface area (Å²) in [5.74, 6) is 0.191. The van der Waals surface area contributed by atoms with Gasteiger partial charge in [-0.15, -0.1) is 0 Å². The van der Waals surface area contributed by atoms with Gasteiger partial charge < -0.3 is 14.5 Å². The topological polar surface area (TPSA) is 49.9 Å². The van der Waals surface area contributed by atoms with E-state index in [4.69, 9.17) is 4.74 Å². The van der Waals surface area contributed by atoms with E-state index in [1.807, 2.05) is 43.0 Å². The van der Waals surface area contributed by atoms with Crippen LogP contribution in [0.15, 0.2) is 24.3 Å². The zero-order valence-electron chi connectivity index (χ0n) is 15.2. The summed E-state index contributed by atoms with van der Waals surface area (Å²) >= 11 is 0. The lowest BCUT2D eigenvalue weighted by Crippen LogP contribution is -2.49. The van der Waals surface area contributed by atoms with E-state index in [0.29, 0.717) is 19.4 Å². The van der Waals surface area contributed by atoms with Gasteiger partial charge in [-0.25, -0.2) is 0 Å². The Morgan fingerprint density at radius 1 is 1.16 bits per heavy atom. The summed E-state index contributed by atoms with van der Waals surface area (Å²) < 4.78 is 5.66. The van der Waals surface area contributed by atoms with Crippen molar-refractivity contribution in [3.8, 4) is 0 Å². The molecule has 136 valence electrons. The fourth-order valence-corrected chi connectivity index (χ4v) is 3.77. The third kappa shape index (κ3) is 4.21. The van der Waals surface area contributed by atoms with Crippen LogP contribution in [0.3, 0.4) is 0 Å². The SMILES string of the molecule is CCOC1CCN(C(=O)[C@H]2CCC(=O)N2Cc2ccc(C)cc2)CC1. The average Bonchev–Trinajstić information content (AvgIpc) is 2.98. The zero-order valence-corrected chi connectivity index (χ0v) is 15.2. The molecule has 5 nitrogen and oxygen atoms in total. The van der Waals surface area contributed by atoms with E-state index in [2.05, 4.69) is 0 Å². The molecule has 2 saturated heterocycles. The van der Waals surface area contributed by atoms with E-state index in [1.165, 1.54) is 5.56 Å². The predicted molar refractivity (Wildman–Crippen MR) is 96.0 cm³/mol. The second-order valence-electron chi connectivity index (χ2n) is 7.04. The Bertz CT molecular complexity index is 606. The van der Waals surface area contributed by atoms with E-state index in [-0.39, 0.29) is 24.0 Å². The second-order valence-corrected chi connectivity index (χ2v) is 7.04. The molecule has 25 heavy (non-hydrogen) atoms. The van der Waals surface area contributed by atoms with E-state index >= 15 is 0 Å². The third-order valence-corrected chi connectivity index (χ3v) is 5.24. The Labute approximate surface area is 149 Å². The summed E-state index contributed by atoms with van der Waals surface area (Å²) in [5, 5.41) is 0. The highest BCUT2D eigenvalue weighted by molar-refractivity contribution is 5.91. The lowest BCUT2D eigenvalue weighted by atomic mass is 10.1. The highest BCUT2D eigenvalue weighted by Gasteiger charge is 2.39. The molecular formula is C20H28N2O3. The standard InChI is InChI=1S/C20H28N2O3/c1-3-25-17-10-12-21(13-11-17)20(24)18-8-9-19(23)22(18)14-16-6-4-15(2)5-7-16/h4-7,17-18H,3,8-14H2,1-2H3/t18-/m1/s1. The van der Waals surface area contributed by atoms with Gasteiger partial charge >= 0.3 is 0 Å². The minimum atomic E-state index is -0.308. The lowest BCUT2D eigenvalue weighted by Gasteiger charge is -2.35. The van der Waals surface area contributed by atoms with Crippen LogP contribution in [0.2, 0.25) is 0 Å². The van der Waals surface area contributed by atoms with Crippen molar-refractivity contribution >= 4 is 11.8 Å². The number of hydrogen-bond acceptors (Lipinski definition) is 3. The van der Waals surface area contributed by atoms with Gasteiger partial charge in [0.2, 0.25) is 11.8 Å². The van der Waals surface area contributed by atoms with E-state index in [0.717, 1.165) is 38.1 Å². The first kappa shape index (κ1) is 17.9. The fourth-order valence-electron chi connectivity index (χ4n) is 3.77. The second kappa shape index (κ2) is 8.00. The first-order valence-corrected chi connectivity index (χ1v) is 9.34. The van der Waals surface area contributed by atoms with Gasteiger partial charge in [-0.3, -0.25) is 9.59 Å². The minimum Gasteiger partial charge on any atom is -0.378 e. The van der Waals surface area contributed by atoms with Crippen LogP contribution in [0.1, 0.15) is 43.7 Å². The summed E-state index contributed by atoms with van der Waals surface area (Å²) in [6.45, 7) is 6.75. The van der Waals surface area contributed by atoms with Gasteiger partial charge in [0.1, 0.15) is 6.04 Å². The minimum absolute atomic E-state index is 0.0862. The molecule has 0 radical (unpaired) electrons. The molecule has 0 N–H and O–H groups in total. The maximum Gasteiger partial charge on any atom is 0.245 e. The molecule has 5 heteroatoms. The molecule has 2 fully saturated rings. The van der Waals surface area contributed by atoms with E-state index < -0.39 is 0 Å². The van der Waals surface area contributed by atoms with E-state index in [1.54, 1.807) is 4.90 Å². The van der Waals surface area contributed by atoms with Gasteiger partial charge in [-0.05, 0) is 38.7 Å². The van der Waals surface area contributed by atoms with Crippen molar-refractivity contribution in [1.29, 1.82) is 0 Å². The average molecular weight is 344 g/mol. The summed E-state index contributed by atoms with van der Waals surface area (Å²) in [4.78, 5) is 29.0. The number of hydrogen-bond donors (Lipinski definition) is 0. The number of amides is 2. The normalized spacial score (nSPS) is 21.8. The van der Waals surface area contributed by atoms with Crippen LogP contribution in [0.4, 0.5) is 0 Å². The van der Waals surface area contributed by atoms with Gasteiger partial charge in [0, 0.05) is 32.7 Å². The maximum atomic E-state index is 13.0. The molecule has 2 amide bonds. The number of rotatable bonds is 5. The number of carbonyl (C=O) groups is 2. The summed E-state index contributed by atoms with van der Waals surface area (Å²) in [6.07, 6.45) is 3.14. The number of carbonyl (C=O) groups excluding carboxylic acids is 2. The first-order chi connectivity index (χ1) is 12.1. The Balaban J connectivity index is 1.63. The van der Waals surface area contributed by atoms with Gasteiger partial charge in [0.05, 0.1) is 6.10 Å². The quantitative estimate of drug-likeness (QED) is 0.825. The van der Waals surface area contributed by atoms with Crippen LogP contribution in [-0.4, -0.2) is 53.5 Å². The molecule has 2 aliphatic heterocycles. The highest BCUT2D eigenvalue weighted by atomic mass is 16.5. The molecule has 1 aromatic rings. The van der Waals surface area contributed by atoms with Crippen molar-refractivity contribution in [2.45, 2.75) is 58.2 Å².